The first-order valence-corrected chi connectivity index (χ1v) is 13.5. The summed E-state index contributed by atoms with van der Waals surface area (Å²) in [5.74, 6) is 2.38. The molecule has 0 unspecified atom stereocenters. The lowest BCUT2D eigenvalue weighted by molar-refractivity contribution is 0.279. The molecule has 0 aromatic carbocycles. The molecule has 26 heavy (non-hydrogen) atoms. The van der Waals surface area contributed by atoms with Crippen molar-refractivity contribution >= 4 is 20.6 Å². The molecule has 0 aliphatic carbocycles. The lowest BCUT2D eigenvalue weighted by Crippen LogP contribution is -1.88. The lowest BCUT2D eigenvalue weighted by Gasteiger charge is -2.00. The number of unbranched alkanes of at least 4 members (excludes halogenated alkanes) is 3. The molecular weight excluding hydrogens is 364 g/mol. The Morgan fingerprint density at radius 3 is 0.808 bits per heavy atom. The van der Waals surface area contributed by atoms with Crippen LogP contribution in [-0.2, 0) is 0 Å². The summed E-state index contributed by atoms with van der Waals surface area (Å²) >= 11 is 4.78. The molecule has 0 amide bonds. The third kappa shape index (κ3) is 56.3. The van der Waals surface area contributed by atoms with E-state index in [9.17, 15) is 0 Å². The van der Waals surface area contributed by atoms with E-state index in [0.29, 0.717) is 19.8 Å². The number of aliphatic hydroxyl groups excluding tert-OH is 3. The monoisotopic (exact) mass is 414 g/mol. The van der Waals surface area contributed by atoms with Crippen LogP contribution in [0.2, 0.25) is 0 Å². The summed E-state index contributed by atoms with van der Waals surface area (Å²) in [6.07, 6.45) is 10.2. The number of aliphatic hydroxyl groups is 3. The highest BCUT2D eigenvalue weighted by Gasteiger charge is 1.92. The first kappa shape index (κ1) is 33.9. The predicted octanol–water partition coefficient (Wildman–Crippen LogP) is 4.92. The molecule has 0 saturated carbocycles. The highest BCUT2D eigenvalue weighted by molar-refractivity contribution is 6.80. The maximum atomic E-state index is 8.38. The molecule has 0 radical (unpaired) electrons. The highest BCUT2D eigenvalue weighted by Crippen LogP contribution is 2.05. The normalized spacial score (nSPS) is 10.0. The topological polar surface area (TPSA) is 60.7 Å². The van der Waals surface area contributed by atoms with Gasteiger partial charge in [0.1, 0.15) is 9.55 Å². The Morgan fingerprint density at radius 2 is 0.692 bits per heavy atom. The fraction of sp³-hybridized carbons (Fsp3) is 1.00. The van der Waals surface area contributed by atoms with E-state index in [4.69, 9.17) is 26.4 Å². The molecule has 3 N–H and O–H groups in total. The van der Waals surface area contributed by atoms with Crippen molar-refractivity contribution in [3.05, 3.63) is 0 Å². The molecule has 0 fully saturated rings. The molecule has 0 spiro atoms. The minimum atomic E-state index is 0.354. The van der Waals surface area contributed by atoms with Crippen LogP contribution in [0.1, 0.15) is 99.3 Å². The van der Waals surface area contributed by atoms with Crippen molar-refractivity contribution in [3.8, 4) is 0 Å². The van der Waals surface area contributed by atoms with Crippen molar-refractivity contribution in [2.75, 3.05) is 19.8 Å². The van der Waals surface area contributed by atoms with Crippen molar-refractivity contribution in [3.63, 3.8) is 0 Å². The number of rotatable bonds is 12. The van der Waals surface area contributed by atoms with Gasteiger partial charge < -0.3 is 15.3 Å². The van der Waals surface area contributed by atoms with Gasteiger partial charge in [-0.3, -0.25) is 0 Å². The maximum absolute atomic E-state index is 8.38. The maximum Gasteiger partial charge on any atom is 0.109 e. The zero-order chi connectivity index (χ0) is 21.2. The minimum Gasteiger partial charge on any atom is -0.396 e. The van der Waals surface area contributed by atoms with Gasteiger partial charge in [0.2, 0.25) is 0 Å². The molecule has 0 aromatic heterocycles. The Hall–Kier alpha value is 0.387. The Balaban J connectivity index is -0.000000133. The van der Waals surface area contributed by atoms with Gasteiger partial charge in [0.15, 0.2) is 0 Å². The minimum absolute atomic E-state index is 0.354. The summed E-state index contributed by atoms with van der Waals surface area (Å²) in [6.45, 7) is 14.3. The average Bonchev–Trinajstić information content (AvgIpc) is 2.58. The van der Waals surface area contributed by atoms with E-state index in [0.717, 1.165) is 46.6 Å². The summed E-state index contributed by atoms with van der Waals surface area (Å²) in [7, 11) is 0.778. The summed E-state index contributed by atoms with van der Waals surface area (Å²) in [6, 6.07) is 0. The van der Waals surface area contributed by atoms with E-state index in [1.54, 1.807) is 0 Å². The van der Waals surface area contributed by atoms with Crippen LogP contribution in [0.3, 0.4) is 0 Å². The van der Waals surface area contributed by atoms with Crippen LogP contribution in [0.4, 0.5) is 0 Å². The first-order valence-electron chi connectivity index (χ1n) is 10.5. The van der Waals surface area contributed by atoms with Gasteiger partial charge in [0.05, 0.1) is 0 Å². The van der Waals surface area contributed by atoms with Gasteiger partial charge in [0.25, 0.3) is 0 Å². The molecule has 0 saturated heterocycles. The van der Waals surface area contributed by atoms with Gasteiger partial charge in [-0.2, -0.15) is 11.1 Å². The molecule has 5 heteroatoms. The summed E-state index contributed by atoms with van der Waals surface area (Å²) in [5, 5.41) is 25.1. The summed E-state index contributed by atoms with van der Waals surface area (Å²) in [5.41, 5.74) is 0. The van der Waals surface area contributed by atoms with Crippen LogP contribution in [0, 0.1) is 17.8 Å². The van der Waals surface area contributed by atoms with Crippen LogP contribution in [0.25, 0.3) is 0 Å². The van der Waals surface area contributed by atoms with E-state index < -0.39 is 0 Å². The molecule has 0 rings (SSSR count). The summed E-state index contributed by atoms with van der Waals surface area (Å²) in [4.78, 5) is 0. The van der Waals surface area contributed by atoms with Crippen molar-refractivity contribution in [2.24, 2.45) is 17.8 Å². The van der Waals surface area contributed by atoms with Crippen LogP contribution in [0.15, 0.2) is 0 Å². The standard InChI is InChI=1S/3C7H16O.ClH3Si/c3*1-7(2)5-3-4-6-8;1-2/h3*7-8H,3-6H2,1-2H3;2H3. The van der Waals surface area contributed by atoms with E-state index in [1.165, 1.54) is 38.5 Å². The van der Waals surface area contributed by atoms with Crippen LogP contribution >= 0.6 is 11.1 Å². The average molecular weight is 415 g/mol. The van der Waals surface area contributed by atoms with Gasteiger partial charge >= 0.3 is 0 Å². The van der Waals surface area contributed by atoms with Crippen molar-refractivity contribution in [1.29, 1.82) is 0 Å². The molecular formula is C21H51ClO3Si. The Bertz CT molecular complexity index is 170. The lowest BCUT2D eigenvalue weighted by atomic mass is 10.1. The fourth-order valence-electron chi connectivity index (χ4n) is 1.99. The molecule has 0 aliphatic heterocycles. The fourth-order valence-corrected chi connectivity index (χ4v) is 1.99. The molecule has 0 atom stereocenters. The van der Waals surface area contributed by atoms with Crippen molar-refractivity contribution in [1.82, 2.24) is 0 Å². The molecule has 0 aromatic rings. The van der Waals surface area contributed by atoms with Crippen LogP contribution in [-0.4, -0.2) is 44.7 Å². The largest absolute Gasteiger partial charge is 0.396 e. The molecule has 0 bridgehead atoms. The second kappa shape index (κ2) is 33.0. The van der Waals surface area contributed by atoms with Gasteiger partial charge in [-0.05, 0) is 37.0 Å². The Kier molecular flexibility index (Phi) is 43.1. The summed E-state index contributed by atoms with van der Waals surface area (Å²) < 4.78 is 0. The smallest absolute Gasteiger partial charge is 0.109 e. The molecule has 0 heterocycles. The molecule has 0 aliphatic rings. The third-order valence-electron chi connectivity index (χ3n) is 3.57. The number of hydrogen-bond acceptors (Lipinski definition) is 3. The third-order valence-corrected chi connectivity index (χ3v) is 3.57. The number of hydrogen-bond donors (Lipinski definition) is 3. The van der Waals surface area contributed by atoms with Crippen LogP contribution in [0.5, 0.6) is 0 Å². The van der Waals surface area contributed by atoms with Crippen LogP contribution < -0.4 is 0 Å². The van der Waals surface area contributed by atoms with Crippen molar-refractivity contribution < 1.29 is 15.3 Å². The van der Waals surface area contributed by atoms with Crippen molar-refractivity contribution in [2.45, 2.75) is 99.3 Å². The SMILES string of the molecule is CC(C)CCCCO.CC(C)CCCCO.CC(C)CCCCO.[SiH3]Cl. The zero-order valence-electron chi connectivity index (χ0n) is 18.9. The van der Waals surface area contributed by atoms with E-state index in [-0.39, 0.29) is 0 Å². The number of halogens is 1. The Morgan fingerprint density at radius 1 is 0.500 bits per heavy atom. The first-order chi connectivity index (χ1) is 12.3. The Labute approximate surface area is 173 Å². The van der Waals surface area contributed by atoms with Gasteiger partial charge in [-0.15, -0.1) is 0 Å². The van der Waals surface area contributed by atoms with E-state index >= 15 is 0 Å². The van der Waals surface area contributed by atoms with Gasteiger partial charge in [0, 0.05) is 19.8 Å². The zero-order valence-corrected chi connectivity index (χ0v) is 21.7. The van der Waals surface area contributed by atoms with Gasteiger partial charge in [-0.1, -0.05) is 80.1 Å². The van der Waals surface area contributed by atoms with E-state index in [2.05, 4.69) is 41.5 Å². The highest BCUT2D eigenvalue weighted by atomic mass is 35.6. The van der Waals surface area contributed by atoms with E-state index in [1.807, 2.05) is 0 Å². The molecule has 3 nitrogen and oxygen atoms in total. The second-order valence-corrected chi connectivity index (χ2v) is 7.84. The van der Waals surface area contributed by atoms with Gasteiger partial charge in [-0.25, -0.2) is 0 Å². The predicted molar refractivity (Wildman–Crippen MR) is 123 cm³/mol. The quantitative estimate of drug-likeness (QED) is 0.241. The molecule has 164 valence electrons. The second-order valence-electron chi connectivity index (χ2n) is 7.84.